The van der Waals surface area contributed by atoms with E-state index in [4.69, 9.17) is 11.5 Å². The summed E-state index contributed by atoms with van der Waals surface area (Å²) >= 11 is 1.41. The van der Waals surface area contributed by atoms with Crippen molar-refractivity contribution in [1.29, 1.82) is 0 Å². The SMILES string of the molecule is Nc1cc(N)nc(SCC2(O)CCCC2)n1. The first-order valence-electron chi connectivity index (χ1n) is 5.33. The van der Waals surface area contributed by atoms with Crippen LogP contribution in [0.25, 0.3) is 0 Å². The number of rotatable bonds is 3. The molecule has 1 aromatic heterocycles. The van der Waals surface area contributed by atoms with Gasteiger partial charge in [-0.05, 0) is 12.8 Å². The number of anilines is 2. The molecule has 5 N–H and O–H groups in total. The minimum Gasteiger partial charge on any atom is -0.389 e. The maximum Gasteiger partial charge on any atom is 0.191 e. The van der Waals surface area contributed by atoms with Gasteiger partial charge in [-0.3, -0.25) is 0 Å². The minimum absolute atomic E-state index is 0.369. The lowest BCUT2D eigenvalue weighted by Gasteiger charge is -2.20. The van der Waals surface area contributed by atoms with Crippen molar-refractivity contribution in [2.75, 3.05) is 17.2 Å². The highest BCUT2D eigenvalue weighted by Crippen LogP contribution is 2.34. The fourth-order valence-electron chi connectivity index (χ4n) is 1.90. The zero-order valence-electron chi connectivity index (χ0n) is 9.02. The summed E-state index contributed by atoms with van der Waals surface area (Å²) < 4.78 is 0. The van der Waals surface area contributed by atoms with Gasteiger partial charge in [0.1, 0.15) is 11.6 Å². The molecule has 5 nitrogen and oxygen atoms in total. The highest BCUT2D eigenvalue weighted by molar-refractivity contribution is 7.99. The molecule has 0 aromatic carbocycles. The molecule has 0 aliphatic heterocycles. The number of thioether (sulfide) groups is 1. The second kappa shape index (κ2) is 4.47. The first-order chi connectivity index (χ1) is 7.57. The van der Waals surface area contributed by atoms with Gasteiger partial charge in [0.15, 0.2) is 5.16 Å². The quantitative estimate of drug-likeness (QED) is 0.539. The molecule has 6 heteroatoms. The first-order valence-corrected chi connectivity index (χ1v) is 6.31. The highest BCUT2D eigenvalue weighted by Gasteiger charge is 2.31. The Morgan fingerprint density at radius 3 is 2.38 bits per heavy atom. The second-order valence-corrected chi connectivity index (χ2v) is 5.16. The molecule has 1 heterocycles. The zero-order chi connectivity index (χ0) is 11.6. The van der Waals surface area contributed by atoms with Gasteiger partial charge in [-0.2, -0.15) is 0 Å². The summed E-state index contributed by atoms with van der Waals surface area (Å²) in [6, 6.07) is 1.52. The van der Waals surface area contributed by atoms with Gasteiger partial charge in [-0.15, -0.1) is 0 Å². The normalized spacial score (nSPS) is 18.8. The van der Waals surface area contributed by atoms with Crippen LogP contribution in [0.1, 0.15) is 25.7 Å². The summed E-state index contributed by atoms with van der Waals surface area (Å²) in [7, 11) is 0. The molecule has 0 radical (unpaired) electrons. The highest BCUT2D eigenvalue weighted by atomic mass is 32.2. The van der Waals surface area contributed by atoms with Crippen LogP contribution in [0.2, 0.25) is 0 Å². The van der Waals surface area contributed by atoms with Crippen LogP contribution < -0.4 is 11.5 Å². The molecule has 0 unspecified atom stereocenters. The Hall–Kier alpha value is -1.01. The summed E-state index contributed by atoms with van der Waals surface area (Å²) in [6.07, 6.45) is 3.91. The predicted molar refractivity (Wildman–Crippen MR) is 65.0 cm³/mol. The van der Waals surface area contributed by atoms with Crippen molar-refractivity contribution in [1.82, 2.24) is 9.97 Å². The summed E-state index contributed by atoms with van der Waals surface area (Å²) in [5.41, 5.74) is 10.6. The van der Waals surface area contributed by atoms with E-state index in [1.165, 1.54) is 17.8 Å². The summed E-state index contributed by atoms with van der Waals surface area (Å²) in [6.45, 7) is 0. The Labute approximate surface area is 98.7 Å². The Bertz CT molecular complexity index is 359. The number of hydrogen-bond acceptors (Lipinski definition) is 6. The topological polar surface area (TPSA) is 98.1 Å². The fourth-order valence-corrected chi connectivity index (χ4v) is 2.93. The van der Waals surface area contributed by atoms with Crippen LogP contribution in [0.3, 0.4) is 0 Å². The number of hydrogen-bond donors (Lipinski definition) is 3. The molecule has 0 amide bonds. The number of nitrogen functional groups attached to an aromatic ring is 2. The van der Waals surface area contributed by atoms with Crippen LogP contribution >= 0.6 is 11.8 Å². The van der Waals surface area contributed by atoms with Crippen molar-refractivity contribution in [2.24, 2.45) is 0 Å². The third-order valence-electron chi connectivity index (χ3n) is 2.75. The van der Waals surface area contributed by atoms with E-state index in [0.717, 1.165) is 25.7 Å². The van der Waals surface area contributed by atoms with Gasteiger partial charge in [0.25, 0.3) is 0 Å². The smallest absolute Gasteiger partial charge is 0.191 e. The van der Waals surface area contributed by atoms with Crippen molar-refractivity contribution < 1.29 is 5.11 Å². The molecule has 1 aliphatic rings. The lowest BCUT2D eigenvalue weighted by Crippen LogP contribution is -2.27. The molecule has 1 aliphatic carbocycles. The molecule has 0 bridgehead atoms. The first kappa shape index (κ1) is 11.5. The lowest BCUT2D eigenvalue weighted by molar-refractivity contribution is 0.0732. The van der Waals surface area contributed by atoms with E-state index < -0.39 is 5.60 Å². The van der Waals surface area contributed by atoms with Crippen LogP contribution in [0.5, 0.6) is 0 Å². The van der Waals surface area contributed by atoms with Gasteiger partial charge >= 0.3 is 0 Å². The van der Waals surface area contributed by atoms with Gasteiger partial charge in [0.2, 0.25) is 0 Å². The third-order valence-corrected chi connectivity index (χ3v) is 3.87. The largest absolute Gasteiger partial charge is 0.389 e. The molecule has 88 valence electrons. The van der Waals surface area contributed by atoms with Gasteiger partial charge in [-0.25, -0.2) is 9.97 Å². The van der Waals surface area contributed by atoms with Crippen molar-refractivity contribution in [3.8, 4) is 0 Å². The molecule has 1 fully saturated rings. The van der Waals surface area contributed by atoms with E-state index in [1.54, 1.807) is 0 Å². The Kier molecular flexibility index (Phi) is 3.20. The second-order valence-electron chi connectivity index (χ2n) is 4.22. The lowest BCUT2D eigenvalue weighted by atomic mass is 10.1. The molecule has 1 saturated carbocycles. The molecule has 2 rings (SSSR count). The van der Waals surface area contributed by atoms with Crippen molar-refractivity contribution in [3.05, 3.63) is 6.07 Å². The van der Waals surface area contributed by atoms with Crippen LogP contribution in [-0.4, -0.2) is 26.4 Å². The number of aliphatic hydroxyl groups is 1. The summed E-state index contributed by atoms with van der Waals surface area (Å²) in [5.74, 6) is 1.34. The minimum atomic E-state index is -0.562. The fraction of sp³-hybridized carbons (Fsp3) is 0.600. The number of nitrogens with two attached hydrogens (primary N) is 2. The third kappa shape index (κ3) is 2.76. The average molecular weight is 240 g/mol. The van der Waals surface area contributed by atoms with Gasteiger partial charge in [0.05, 0.1) is 5.60 Å². The molecular formula is C10H16N4OS. The maximum absolute atomic E-state index is 10.2. The van der Waals surface area contributed by atoms with Gasteiger partial charge < -0.3 is 16.6 Å². The van der Waals surface area contributed by atoms with Crippen molar-refractivity contribution >= 4 is 23.4 Å². The van der Waals surface area contributed by atoms with Crippen LogP contribution in [0, 0.1) is 0 Å². The maximum atomic E-state index is 10.2. The summed E-state index contributed by atoms with van der Waals surface area (Å²) in [5, 5.41) is 10.7. The van der Waals surface area contributed by atoms with Crippen molar-refractivity contribution in [3.63, 3.8) is 0 Å². The van der Waals surface area contributed by atoms with Crippen molar-refractivity contribution in [2.45, 2.75) is 36.4 Å². The van der Waals surface area contributed by atoms with E-state index in [-0.39, 0.29) is 0 Å². The monoisotopic (exact) mass is 240 g/mol. The van der Waals surface area contributed by atoms with E-state index >= 15 is 0 Å². The van der Waals surface area contributed by atoms with Gasteiger partial charge in [-0.1, -0.05) is 24.6 Å². The molecular weight excluding hydrogens is 224 g/mol. The Balaban J connectivity index is 1.98. The Morgan fingerprint density at radius 2 is 1.81 bits per heavy atom. The molecule has 0 saturated heterocycles. The van der Waals surface area contributed by atoms with Gasteiger partial charge in [0, 0.05) is 11.8 Å². The standard InChI is InChI=1S/C10H16N4OS/c11-7-5-8(12)14-9(13-7)16-6-10(15)3-1-2-4-10/h5,15H,1-4,6H2,(H4,11,12,13,14). The Morgan fingerprint density at radius 1 is 1.25 bits per heavy atom. The van der Waals surface area contributed by atoms with Crippen LogP contribution in [0.15, 0.2) is 11.2 Å². The number of nitrogens with zero attached hydrogens (tertiary/aromatic N) is 2. The summed E-state index contributed by atoms with van der Waals surface area (Å²) in [4.78, 5) is 8.13. The van der Waals surface area contributed by atoms with E-state index in [0.29, 0.717) is 22.5 Å². The van der Waals surface area contributed by atoms with E-state index in [9.17, 15) is 5.11 Å². The zero-order valence-corrected chi connectivity index (χ0v) is 9.83. The molecule has 0 spiro atoms. The molecule has 16 heavy (non-hydrogen) atoms. The van der Waals surface area contributed by atoms with Crippen LogP contribution in [-0.2, 0) is 0 Å². The number of aromatic nitrogens is 2. The average Bonchev–Trinajstić information content (AvgIpc) is 2.62. The van der Waals surface area contributed by atoms with E-state index in [2.05, 4.69) is 9.97 Å². The molecule has 1 aromatic rings. The van der Waals surface area contributed by atoms with Crippen LogP contribution in [0.4, 0.5) is 11.6 Å². The predicted octanol–water partition coefficient (Wildman–Crippen LogP) is 1.04. The van der Waals surface area contributed by atoms with E-state index in [1.807, 2.05) is 0 Å². The molecule has 0 atom stereocenters.